The summed E-state index contributed by atoms with van der Waals surface area (Å²) in [6, 6.07) is 16.6. The zero-order chi connectivity index (χ0) is 14.2. The molecule has 2 atom stereocenters. The van der Waals surface area contributed by atoms with E-state index in [1.807, 2.05) is 0 Å². The summed E-state index contributed by atoms with van der Waals surface area (Å²) in [4.78, 5) is 0. The number of para-hydroxylation sites is 1. The van der Waals surface area contributed by atoms with Gasteiger partial charge < -0.3 is 5.32 Å². The molecular weight excluding hydrogens is 254 g/mol. The number of anilines is 1. The molecule has 0 amide bonds. The normalized spacial score (nSPS) is 23.3. The summed E-state index contributed by atoms with van der Waals surface area (Å²) in [6.07, 6.45) is 6.31. The largest absolute Gasteiger partial charge is 0.382 e. The molecule has 1 aliphatic heterocycles. The van der Waals surface area contributed by atoms with E-state index in [9.17, 15) is 0 Å². The first kappa shape index (κ1) is 12.9. The molecule has 0 saturated heterocycles. The summed E-state index contributed by atoms with van der Waals surface area (Å²) in [5, 5.41) is 3.62. The van der Waals surface area contributed by atoms with Gasteiger partial charge >= 0.3 is 0 Å². The van der Waals surface area contributed by atoms with Gasteiger partial charge in [-0.05, 0) is 73.3 Å². The molecule has 2 aromatic carbocycles. The van der Waals surface area contributed by atoms with Crippen molar-refractivity contribution in [3.8, 4) is 0 Å². The SMILES string of the molecule is CC1CC(Cc2ccc3c(c2)CCC3)c2ccccc2N1. The van der Waals surface area contributed by atoms with Crippen molar-refractivity contribution in [3.05, 3.63) is 64.7 Å². The maximum atomic E-state index is 3.62. The van der Waals surface area contributed by atoms with E-state index in [1.54, 1.807) is 11.1 Å². The predicted molar refractivity (Wildman–Crippen MR) is 89.1 cm³/mol. The fourth-order valence-electron chi connectivity index (χ4n) is 4.09. The molecule has 0 fully saturated rings. The van der Waals surface area contributed by atoms with Crippen LogP contribution in [0.5, 0.6) is 0 Å². The Morgan fingerprint density at radius 3 is 2.86 bits per heavy atom. The van der Waals surface area contributed by atoms with Crippen LogP contribution < -0.4 is 5.32 Å². The van der Waals surface area contributed by atoms with Crippen LogP contribution in [0.2, 0.25) is 0 Å². The zero-order valence-corrected chi connectivity index (χ0v) is 12.7. The van der Waals surface area contributed by atoms with E-state index in [0.29, 0.717) is 12.0 Å². The fraction of sp³-hybridized carbons (Fsp3) is 0.400. The molecule has 0 saturated carbocycles. The van der Waals surface area contributed by atoms with Crippen molar-refractivity contribution >= 4 is 5.69 Å². The summed E-state index contributed by atoms with van der Waals surface area (Å²) in [7, 11) is 0. The van der Waals surface area contributed by atoms with E-state index in [4.69, 9.17) is 0 Å². The third-order valence-corrected chi connectivity index (χ3v) is 5.09. The number of hydrogen-bond acceptors (Lipinski definition) is 1. The van der Waals surface area contributed by atoms with Crippen LogP contribution in [0.3, 0.4) is 0 Å². The van der Waals surface area contributed by atoms with E-state index in [2.05, 4.69) is 54.7 Å². The Morgan fingerprint density at radius 1 is 1.05 bits per heavy atom. The smallest absolute Gasteiger partial charge is 0.0377 e. The first-order valence-corrected chi connectivity index (χ1v) is 8.26. The van der Waals surface area contributed by atoms with Crippen LogP contribution in [0.4, 0.5) is 5.69 Å². The Kier molecular flexibility index (Phi) is 3.21. The molecule has 108 valence electrons. The van der Waals surface area contributed by atoms with Gasteiger partial charge in [0.25, 0.3) is 0 Å². The molecule has 2 aliphatic rings. The molecule has 1 N–H and O–H groups in total. The molecule has 2 unspecified atom stereocenters. The maximum absolute atomic E-state index is 3.62. The van der Waals surface area contributed by atoms with E-state index < -0.39 is 0 Å². The molecule has 2 aromatic rings. The van der Waals surface area contributed by atoms with Crippen LogP contribution in [0.1, 0.15) is 47.9 Å². The van der Waals surface area contributed by atoms with Crippen LogP contribution in [0.25, 0.3) is 0 Å². The lowest BCUT2D eigenvalue weighted by Crippen LogP contribution is -2.26. The van der Waals surface area contributed by atoms with E-state index in [0.717, 1.165) is 0 Å². The van der Waals surface area contributed by atoms with Gasteiger partial charge in [0.2, 0.25) is 0 Å². The van der Waals surface area contributed by atoms with Crippen LogP contribution in [-0.4, -0.2) is 6.04 Å². The van der Waals surface area contributed by atoms with Crippen LogP contribution in [0, 0.1) is 0 Å². The molecule has 0 aromatic heterocycles. The summed E-state index contributed by atoms with van der Waals surface area (Å²) >= 11 is 0. The summed E-state index contributed by atoms with van der Waals surface area (Å²) in [5.41, 5.74) is 7.53. The van der Waals surface area contributed by atoms with Crippen molar-refractivity contribution in [1.29, 1.82) is 0 Å². The van der Waals surface area contributed by atoms with Gasteiger partial charge in [-0.2, -0.15) is 0 Å². The lowest BCUT2D eigenvalue weighted by atomic mass is 9.83. The number of nitrogens with one attached hydrogen (secondary N) is 1. The molecule has 1 heterocycles. The molecule has 0 radical (unpaired) electrons. The highest BCUT2D eigenvalue weighted by Crippen LogP contribution is 2.36. The number of rotatable bonds is 2. The molecule has 1 nitrogen and oxygen atoms in total. The van der Waals surface area contributed by atoms with E-state index >= 15 is 0 Å². The molecule has 4 rings (SSSR count). The molecule has 1 aliphatic carbocycles. The Balaban J connectivity index is 1.62. The van der Waals surface area contributed by atoms with Crippen molar-refractivity contribution in [3.63, 3.8) is 0 Å². The van der Waals surface area contributed by atoms with Crippen molar-refractivity contribution in [2.75, 3.05) is 5.32 Å². The molecule has 0 bridgehead atoms. The molecule has 1 heteroatoms. The third kappa shape index (κ3) is 2.46. The second-order valence-corrected chi connectivity index (χ2v) is 6.73. The van der Waals surface area contributed by atoms with Gasteiger partial charge in [-0.3, -0.25) is 0 Å². The lowest BCUT2D eigenvalue weighted by molar-refractivity contribution is 0.551. The third-order valence-electron chi connectivity index (χ3n) is 5.09. The second kappa shape index (κ2) is 5.22. The van der Waals surface area contributed by atoms with E-state index in [-0.39, 0.29) is 0 Å². The lowest BCUT2D eigenvalue weighted by Gasteiger charge is -2.31. The fourth-order valence-corrected chi connectivity index (χ4v) is 4.09. The van der Waals surface area contributed by atoms with Crippen LogP contribution in [0.15, 0.2) is 42.5 Å². The van der Waals surface area contributed by atoms with Gasteiger partial charge in [-0.25, -0.2) is 0 Å². The van der Waals surface area contributed by atoms with E-state index in [1.165, 1.54) is 48.9 Å². The Bertz CT molecular complexity index is 659. The first-order chi connectivity index (χ1) is 10.3. The van der Waals surface area contributed by atoms with Crippen LogP contribution in [-0.2, 0) is 19.3 Å². The Hall–Kier alpha value is -1.76. The summed E-state index contributed by atoms with van der Waals surface area (Å²) in [5.74, 6) is 0.650. The van der Waals surface area contributed by atoms with Gasteiger partial charge in [0, 0.05) is 11.7 Å². The van der Waals surface area contributed by atoms with Crippen molar-refractivity contribution < 1.29 is 0 Å². The highest BCUT2D eigenvalue weighted by Gasteiger charge is 2.24. The van der Waals surface area contributed by atoms with Crippen molar-refractivity contribution in [1.82, 2.24) is 0 Å². The minimum absolute atomic E-state index is 0.569. The van der Waals surface area contributed by atoms with Gasteiger partial charge in [-0.15, -0.1) is 0 Å². The summed E-state index contributed by atoms with van der Waals surface area (Å²) < 4.78 is 0. The zero-order valence-electron chi connectivity index (χ0n) is 12.7. The number of benzene rings is 2. The predicted octanol–water partition coefficient (Wildman–Crippen LogP) is 4.71. The monoisotopic (exact) mass is 277 g/mol. The van der Waals surface area contributed by atoms with Gasteiger partial charge in [0.1, 0.15) is 0 Å². The Labute approximate surface area is 127 Å². The molecule has 0 spiro atoms. The van der Waals surface area contributed by atoms with Gasteiger partial charge in [-0.1, -0.05) is 36.4 Å². The number of fused-ring (bicyclic) bond motifs is 2. The topological polar surface area (TPSA) is 12.0 Å². The standard InChI is InChI=1S/C20H23N/c1-14-11-18(19-7-2-3-8-20(19)21-14)13-15-9-10-16-5-4-6-17(16)12-15/h2-3,7-10,12,14,18,21H,4-6,11,13H2,1H3. The van der Waals surface area contributed by atoms with Gasteiger partial charge in [0.05, 0.1) is 0 Å². The molecule has 21 heavy (non-hydrogen) atoms. The highest BCUT2D eigenvalue weighted by molar-refractivity contribution is 5.56. The molecular formula is C20H23N. The second-order valence-electron chi connectivity index (χ2n) is 6.73. The van der Waals surface area contributed by atoms with Crippen molar-refractivity contribution in [2.45, 2.75) is 51.0 Å². The van der Waals surface area contributed by atoms with Gasteiger partial charge in [0.15, 0.2) is 0 Å². The number of hydrogen-bond donors (Lipinski definition) is 1. The maximum Gasteiger partial charge on any atom is 0.0377 e. The minimum atomic E-state index is 0.569. The quantitative estimate of drug-likeness (QED) is 0.838. The average molecular weight is 277 g/mol. The Morgan fingerprint density at radius 2 is 1.90 bits per heavy atom. The average Bonchev–Trinajstić information content (AvgIpc) is 2.94. The van der Waals surface area contributed by atoms with Crippen molar-refractivity contribution in [2.24, 2.45) is 0 Å². The number of aryl methyl sites for hydroxylation is 2. The van der Waals surface area contributed by atoms with Crippen LogP contribution >= 0.6 is 0 Å². The first-order valence-electron chi connectivity index (χ1n) is 8.26. The highest BCUT2D eigenvalue weighted by atomic mass is 14.9. The minimum Gasteiger partial charge on any atom is -0.382 e. The summed E-state index contributed by atoms with van der Waals surface area (Å²) in [6.45, 7) is 2.30.